The predicted octanol–water partition coefficient (Wildman–Crippen LogP) is 7.65. The molecule has 0 spiro atoms. The first kappa shape index (κ1) is 18.8. The fraction of sp³-hybridized carbons (Fsp3) is 0. The largest absolute Gasteiger partial charge is 0.439 e. The highest BCUT2D eigenvalue weighted by Gasteiger charge is 2.21. The van der Waals surface area contributed by atoms with Crippen LogP contribution in [0.25, 0.3) is 61.3 Å². The zero-order chi connectivity index (χ0) is 22.5. The van der Waals surface area contributed by atoms with E-state index in [1.165, 1.54) is 0 Å². The smallest absolute Gasteiger partial charge is 0.215 e. The molecule has 160 valence electrons. The normalized spacial score (nSPS) is 11.5. The molecule has 0 unspecified atom stereocenters. The molecule has 7 rings (SSSR count). The van der Waals surface area contributed by atoms with E-state index < -0.39 is 0 Å². The molecule has 0 bridgehead atoms. The first-order valence-corrected chi connectivity index (χ1v) is 11.3. The lowest BCUT2D eigenvalue weighted by Crippen LogP contribution is -1.98. The second kappa shape index (κ2) is 7.42. The molecular formula is C30H19N3O. The van der Waals surface area contributed by atoms with Gasteiger partial charge in [0.15, 0.2) is 0 Å². The number of benzene rings is 3. The molecule has 0 N–H and O–H groups in total. The van der Waals surface area contributed by atoms with E-state index in [4.69, 9.17) is 14.4 Å². The van der Waals surface area contributed by atoms with Crippen LogP contribution in [0, 0.1) is 0 Å². The topological polar surface area (TPSA) is 43.9 Å². The van der Waals surface area contributed by atoms with Gasteiger partial charge in [0.2, 0.25) is 5.71 Å². The maximum absolute atomic E-state index is 6.42. The van der Waals surface area contributed by atoms with Gasteiger partial charge in [-0.25, -0.2) is 9.97 Å². The van der Waals surface area contributed by atoms with Gasteiger partial charge >= 0.3 is 0 Å². The molecule has 34 heavy (non-hydrogen) atoms. The standard InChI is InChI=1S/C30H19N3O/c1-3-10-20(11-4-1)25-18-22(19-26(32-25)21-12-5-2-6-13-21)33-29-24(15-9-17-31-29)28-23-14-7-8-16-27(23)34-30(28)33/h1-19H. The summed E-state index contributed by atoms with van der Waals surface area (Å²) in [5, 5.41) is 3.25. The van der Waals surface area contributed by atoms with Gasteiger partial charge in [-0.1, -0.05) is 78.9 Å². The number of para-hydroxylation sites is 1. The zero-order valence-corrected chi connectivity index (χ0v) is 18.2. The molecule has 0 amide bonds. The van der Waals surface area contributed by atoms with Gasteiger partial charge in [-0.2, -0.15) is 0 Å². The number of pyridine rings is 2. The van der Waals surface area contributed by atoms with E-state index in [2.05, 4.69) is 53.1 Å². The quantitative estimate of drug-likeness (QED) is 0.285. The fourth-order valence-electron chi connectivity index (χ4n) is 4.72. The van der Waals surface area contributed by atoms with Crippen LogP contribution in [0.4, 0.5) is 0 Å². The molecule has 0 radical (unpaired) electrons. The van der Waals surface area contributed by atoms with Crippen LogP contribution >= 0.6 is 0 Å². The third-order valence-electron chi connectivity index (χ3n) is 6.26. The molecule has 0 atom stereocenters. The lowest BCUT2D eigenvalue weighted by molar-refractivity contribution is 0.645. The van der Waals surface area contributed by atoms with Crippen molar-refractivity contribution in [2.45, 2.75) is 0 Å². The molecule has 0 aliphatic rings. The molecule has 0 aliphatic carbocycles. The Morgan fingerprint density at radius 2 is 1.24 bits per heavy atom. The van der Waals surface area contributed by atoms with Gasteiger partial charge in [0.05, 0.1) is 22.5 Å². The SMILES string of the molecule is c1ccc(-c2cc(-n3c4ncccc4c4c5ccccc5oc43)cc(-c3ccccc3)n2)cc1. The Kier molecular flexibility index (Phi) is 4.11. The van der Waals surface area contributed by atoms with E-state index in [1.54, 1.807) is 0 Å². The summed E-state index contributed by atoms with van der Waals surface area (Å²) >= 11 is 0. The predicted molar refractivity (Wildman–Crippen MR) is 137 cm³/mol. The second-order valence-corrected chi connectivity index (χ2v) is 8.32. The number of hydrogen-bond acceptors (Lipinski definition) is 3. The van der Waals surface area contributed by atoms with Crippen LogP contribution in [0.15, 0.2) is 120 Å². The number of rotatable bonds is 3. The fourth-order valence-corrected chi connectivity index (χ4v) is 4.72. The maximum Gasteiger partial charge on any atom is 0.215 e. The van der Waals surface area contributed by atoms with Gasteiger partial charge in [0.1, 0.15) is 11.2 Å². The maximum atomic E-state index is 6.42. The monoisotopic (exact) mass is 437 g/mol. The minimum Gasteiger partial charge on any atom is -0.439 e. The van der Waals surface area contributed by atoms with Crippen molar-refractivity contribution in [2.24, 2.45) is 0 Å². The van der Waals surface area contributed by atoms with E-state index in [0.29, 0.717) is 0 Å². The summed E-state index contributed by atoms with van der Waals surface area (Å²) in [5.41, 5.74) is 7.42. The highest BCUT2D eigenvalue weighted by atomic mass is 16.3. The first-order valence-electron chi connectivity index (χ1n) is 11.3. The molecule has 0 saturated carbocycles. The number of furan rings is 1. The summed E-state index contributed by atoms with van der Waals surface area (Å²) in [7, 11) is 0. The summed E-state index contributed by atoms with van der Waals surface area (Å²) in [6.45, 7) is 0. The van der Waals surface area contributed by atoms with Crippen molar-refractivity contribution in [3.05, 3.63) is 115 Å². The molecule has 4 heteroatoms. The van der Waals surface area contributed by atoms with Gasteiger partial charge in [0, 0.05) is 28.1 Å². The third kappa shape index (κ3) is 2.86. The lowest BCUT2D eigenvalue weighted by Gasteiger charge is -2.11. The summed E-state index contributed by atoms with van der Waals surface area (Å²) in [4.78, 5) is 9.78. The molecule has 4 heterocycles. The highest BCUT2D eigenvalue weighted by Crippen LogP contribution is 2.39. The molecule has 0 fully saturated rings. The van der Waals surface area contributed by atoms with Gasteiger partial charge < -0.3 is 4.42 Å². The Hall–Kier alpha value is -4.70. The number of aromatic nitrogens is 3. The molecule has 4 nitrogen and oxygen atoms in total. The van der Waals surface area contributed by atoms with Crippen molar-refractivity contribution in [1.29, 1.82) is 0 Å². The van der Waals surface area contributed by atoms with Crippen molar-refractivity contribution < 1.29 is 4.42 Å². The summed E-state index contributed by atoms with van der Waals surface area (Å²) in [5.74, 6) is 0. The molecule has 7 aromatic rings. The van der Waals surface area contributed by atoms with Gasteiger partial charge in [-0.05, 0) is 30.3 Å². The van der Waals surface area contributed by atoms with Crippen LogP contribution < -0.4 is 0 Å². The molecular weight excluding hydrogens is 418 g/mol. The van der Waals surface area contributed by atoms with E-state index in [1.807, 2.05) is 66.9 Å². The van der Waals surface area contributed by atoms with Gasteiger partial charge in [0.25, 0.3) is 0 Å². The lowest BCUT2D eigenvalue weighted by atomic mass is 10.1. The van der Waals surface area contributed by atoms with E-state index >= 15 is 0 Å². The second-order valence-electron chi connectivity index (χ2n) is 8.32. The van der Waals surface area contributed by atoms with Crippen LogP contribution in [0.1, 0.15) is 0 Å². The van der Waals surface area contributed by atoms with Crippen molar-refractivity contribution >= 4 is 33.1 Å². The van der Waals surface area contributed by atoms with E-state index in [0.717, 1.165) is 61.3 Å². The first-order chi connectivity index (χ1) is 16.9. The Labute approximate surface area is 195 Å². The highest BCUT2D eigenvalue weighted by molar-refractivity contribution is 6.19. The Balaban J connectivity index is 1.59. The van der Waals surface area contributed by atoms with Crippen molar-refractivity contribution in [1.82, 2.24) is 14.5 Å². The number of nitrogens with zero attached hydrogens (tertiary/aromatic N) is 3. The summed E-state index contributed by atoms with van der Waals surface area (Å²) in [6, 6.07) is 37.0. The van der Waals surface area contributed by atoms with Crippen LogP contribution in [0.2, 0.25) is 0 Å². The van der Waals surface area contributed by atoms with Crippen LogP contribution in [0.3, 0.4) is 0 Å². The Bertz CT molecular complexity index is 1740. The molecule has 0 aliphatic heterocycles. The summed E-state index contributed by atoms with van der Waals surface area (Å²) in [6.07, 6.45) is 1.83. The van der Waals surface area contributed by atoms with Crippen molar-refractivity contribution in [3.63, 3.8) is 0 Å². The Morgan fingerprint density at radius 1 is 0.618 bits per heavy atom. The molecule has 4 aromatic heterocycles. The molecule has 3 aromatic carbocycles. The van der Waals surface area contributed by atoms with Gasteiger partial charge in [-0.3, -0.25) is 4.57 Å². The average Bonchev–Trinajstić information content (AvgIpc) is 3.44. The van der Waals surface area contributed by atoms with Crippen LogP contribution in [-0.4, -0.2) is 14.5 Å². The van der Waals surface area contributed by atoms with E-state index in [-0.39, 0.29) is 0 Å². The molecule has 0 saturated heterocycles. The third-order valence-corrected chi connectivity index (χ3v) is 6.26. The Morgan fingerprint density at radius 3 is 1.94 bits per heavy atom. The van der Waals surface area contributed by atoms with Crippen molar-refractivity contribution in [2.75, 3.05) is 0 Å². The van der Waals surface area contributed by atoms with Gasteiger partial charge in [-0.15, -0.1) is 0 Å². The van der Waals surface area contributed by atoms with Crippen LogP contribution in [-0.2, 0) is 0 Å². The van der Waals surface area contributed by atoms with Crippen molar-refractivity contribution in [3.8, 4) is 28.2 Å². The number of fused-ring (bicyclic) bond motifs is 5. The van der Waals surface area contributed by atoms with E-state index in [9.17, 15) is 0 Å². The average molecular weight is 438 g/mol. The number of hydrogen-bond donors (Lipinski definition) is 0. The van der Waals surface area contributed by atoms with Crippen LogP contribution in [0.5, 0.6) is 0 Å². The zero-order valence-electron chi connectivity index (χ0n) is 18.2. The summed E-state index contributed by atoms with van der Waals surface area (Å²) < 4.78 is 8.53. The minimum atomic E-state index is 0.791. The minimum absolute atomic E-state index is 0.791.